The van der Waals surface area contributed by atoms with Crippen LogP contribution in [0.15, 0.2) is 16.7 Å². The number of nitrogens with one attached hydrogen (secondary N) is 3. The number of halogens is 1. The molecule has 2 aromatic rings. The van der Waals surface area contributed by atoms with Gasteiger partial charge in [-0.2, -0.15) is 0 Å². The molecule has 22 heavy (non-hydrogen) atoms. The van der Waals surface area contributed by atoms with E-state index in [1.807, 2.05) is 0 Å². The standard InChI is InChI=1S/C13H16BrN5O.CH5N/c14-8-4-11(16-6-8)12(20)19-13-17-9-2-1-7(5-15)3-10(9)18-13;1-2/h4,6-7,16H,1-3,5,15H2,(H2,17,18,19,20);2H2,1H3. The molecular formula is C14H21BrN6O. The van der Waals surface area contributed by atoms with Crippen LogP contribution in [0.2, 0.25) is 0 Å². The van der Waals surface area contributed by atoms with Crippen LogP contribution in [0.5, 0.6) is 0 Å². The van der Waals surface area contributed by atoms with Crippen LogP contribution in [0.1, 0.15) is 28.3 Å². The van der Waals surface area contributed by atoms with Crippen LogP contribution in [-0.2, 0) is 12.8 Å². The van der Waals surface area contributed by atoms with Crippen molar-refractivity contribution in [3.8, 4) is 0 Å². The highest BCUT2D eigenvalue weighted by atomic mass is 79.9. The predicted octanol–water partition coefficient (Wildman–Crippen LogP) is 1.39. The van der Waals surface area contributed by atoms with E-state index >= 15 is 0 Å². The summed E-state index contributed by atoms with van der Waals surface area (Å²) >= 11 is 3.30. The summed E-state index contributed by atoms with van der Waals surface area (Å²) in [6.07, 6.45) is 4.60. The lowest BCUT2D eigenvalue weighted by molar-refractivity contribution is 0.102. The second-order valence-corrected chi connectivity index (χ2v) is 5.96. The molecule has 0 aliphatic heterocycles. The summed E-state index contributed by atoms with van der Waals surface area (Å²) in [5.41, 5.74) is 12.8. The van der Waals surface area contributed by atoms with E-state index < -0.39 is 0 Å². The number of aromatic nitrogens is 3. The Morgan fingerprint density at radius 2 is 2.32 bits per heavy atom. The van der Waals surface area contributed by atoms with Crippen LogP contribution in [0.25, 0.3) is 0 Å². The van der Waals surface area contributed by atoms with Gasteiger partial charge in [0.15, 0.2) is 0 Å². The minimum atomic E-state index is -0.211. The van der Waals surface area contributed by atoms with Gasteiger partial charge in [0, 0.05) is 16.4 Å². The first-order valence-corrected chi connectivity index (χ1v) is 7.96. The lowest BCUT2D eigenvalue weighted by Crippen LogP contribution is -2.22. The van der Waals surface area contributed by atoms with Crippen LogP contribution < -0.4 is 16.8 Å². The number of fused-ring (bicyclic) bond motifs is 1. The molecule has 0 fully saturated rings. The summed E-state index contributed by atoms with van der Waals surface area (Å²) in [6.45, 7) is 0.691. The van der Waals surface area contributed by atoms with Crippen LogP contribution in [0.3, 0.4) is 0 Å². The van der Waals surface area contributed by atoms with Gasteiger partial charge in [-0.05, 0) is 60.8 Å². The van der Waals surface area contributed by atoms with Crippen molar-refractivity contribution in [2.75, 3.05) is 18.9 Å². The van der Waals surface area contributed by atoms with Crippen LogP contribution in [-0.4, -0.2) is 34.5 Å². The number of nitrogens with two attached hydrogens (primary N) is 2. The minimum Gasteiger partial charge on any atom is -0.356 e. The zero-order valence-corrected chi connectivity index (χ0v) is 14.0. The van der Waals surface area contributed by atoms with Gasteiger partial charge >= 0.3 is 0 Å². The highest BCUT2D eigenvalue weighted by Crippen LogP contribution is 2.24. The molecule has 1 amide bonds. The van der Waals surface area contributed by atoms with Crippen LogP contribution in [0.4, 0.5) is 5.95 Å². The molecule has 2 aromatic heterocycles. The molecule has 8 heteroatoms. The number of aryl methyl sites for hydroxylation is 1. The largest absolute Gasteiger partial charge is 0.356 e. The van der Waals surface area contributed by atoms with Gasteiger partial charge < -0.3 is 21.4 Å². The Balaban J connectivity index is 0.000000847. The highest BCUT2D eigenvalue weighted by Gasteiger charge is 2.22. The molecule has 1 aliphatic carbocycles. The van der Waals surface area contributed by atoms with Gasteiger partial charge in [0.1, 0.15) is 5.69 Å². The van der Waals surface area contributed by atoms with Crippen molar-refractivity contribution in [3.63, 3.8) is 0 Å². The first-order valence-electron chi connectivity index (χ1n) is 7.16. The lowest BCUT2D eigenvalue weighted by atomic mass is 9.90. The number of H-pyrrole nitrogens is 2. The maximum atomic E-state index is 12.0. The summed E-state index contributed by atoms with van der Waals surface area (Å²) in [7, 11) is 1.50. The molecule has 0 saturated heterocycles. The Morgan fingerprint density at radius 3 is 2.95 bits per heavy atom. The molecule has 2 heterocycles. The number of nitrogens with zero attached hydrogens (tertiary/aromatic N) is 1. The molecule has 3 rings (SSSR count). The van der Waals surface area contributed by atoms with Gasteiger partial charge in [0.2, 0.25) is 5.95 Å². The molecule has 7 N–H and O–H groups in total. The Hall–Kier alpha value is -1.64. The van der Waals surface area contributed by atoms with Crippen molar-refractivity contribution in [1.82, 2.24) is 15.0 Å². The first-order chi connectivity index (χ1) is 10.7. The number of anilines is 1. The fourth-order valence-corrected chi connectivity index (χ4v) is 2.83. The maximum Gasteiger partial charge on any atom is 0.274 e. The summed E-state index contributed by atoms with van der Waals surface area (Å²) in [6, 6.07) is 1.72. The zero-order chi connectivity index (χ0) is 16.1. The topological polar surface area (TPSA) is 126 Å². The van der Waals surface area contributed by atoms with Crippen molar-refractivity contribution >= 4 is 27.8 Å². The van der Waals surface area contributed by atoms with Gasteiger partial charge in [-0.3, -0.25) is 10.1 Å². The van der Waals surface area contributed by atoms with E-state index in [0.29, 0.717) is 24.1 Å². The van der Waals surface area contributed by atoms with E-state index in [1.54, 1.807) is 12.3 Å². The van der Waals surface area contributed by atoms with Gasteiger partial charge in [-0.25, -0.2) is 4.98 Å². The molecule has 0 radical (unpaired) electrons. The molecule has 7 nitrogen and oxygen atoms in total. The second-order valence-electron chi connectivity index (χ2n) is 5.04. The molecule has 0 aromatic carbocycles. The average molecular weight is 369 g/mol. The Kier molecular flexibility index (Phi) is 5.76. The lowest BCUT2D eigenvalue weighted by Gasteiger charge is -2.18. The Morgan fingerprint density at radius 1 is 1.55 bits per heavy atom. The van der Waals surface area contributed by atoms with Crippen molar-refractivity contribution < 1.29 is 4.79 Å². The van der Waals surface area contributed by atoms with Crippen molar-refractivity contribution in [2.45, 2.75) is 19.3 Å². The summed E-state index contributed by atoms with van der Waals surface area (Å²) < 4.78 is 0.840. The molecule has 1 unspecified atom stereocenters. The average Bonchev–Trinajstić information content (AvgIpc) is 3.14. The molecule has 1 aliphatic rings. The van der Waals surface area contributed by atoms with Gasteiger partial charge in [0.25, 0.3) is 5.91 Å². The number of hydrogen-bond donors (Lipinski definition) is 5. The predicted molar refractivity (Wildman–Crippen MR) is 89.7 cm³/mol. The number of hydrogen-bond acceptors (Lipinski definition) is 4. The van der Waals surface area contributed by atoms with Crippen molar-refractivity contribution in [1.29, 1.82) is 0 Å². The molecule has 1 atom stereocenters. The van der Waals surface area contributed by atoms with Crippen LogP contribution >= 0.6 is 15.9 Å². The van der Waals surface area contributed by atoms with Gasteiger partial charge in [0.05, 0.1) is 5.69 Å². The monoisotopic (exact) mass is 368 g/mol. The van der Waals surface area contributed by atoms with E-state index in [2.05, 4.69) is 41.9 Å². The number of rotatable bonds is 3. The molecule has 0 spiro atoms. The number of imidazole rings is 1. The second kappa shape index (κ2) is 7.57. The SMILES string of the molecule is CN.NCC1CCc2nc(NC(=O)c3cc(Br)c[nH]3)[nH]c2C1. The van der Waals surface area contributed by atoms with E-state index in [1.165, 1.54) is 7.05 Å². The van der Waals surface area contributed by atoms with Gasteiger partial charge in [-0.15, -0.1) is 0 Å². The number of carbonyl (C=O) groups is 1. The molecule has 0 saturated carbocycles. The first kappa shape index (κ1) is 16.7. The molecule has 120 valence electrons. The quantitative estimate of drug-likeness (QED) is 0.561. The van der Waals surface area contributed by atoms with E-state index in [9.17, 15) is 4.79 Å². The Labute approximate surface area is 137 Å². The normalized spacial score (nSPS) is 16.5. The molecule has 0 bridgehead atoms. The van der Waals surface area contributed by atoms with Crippen molar-refractivity contribution in [2.24, 2.45) is 17.4 Å². The third kappa shape index (κ3) is 3.76. The molecular weight excluding hydrogens is 348 g/mol. The zero-order valence-electron chi connectivity index (χ0n) is 12.4. The third-order valence-corrected chi connectivity index (χ3v) is 4.06. The van der Waals surface area contributed by atoms with E-state index in [0.717, 1.165) is 35.1 Å². The van der Waals surface area contributed by atoms with Gasteiger partial charge in [-0.1, -0.05) is 0 Å². The fraction of sp³-hybridized carbons (Fsp3) is 0.429. The summed E-state index contributed by atoms with van der Waals surface area (Å²) in [4.78, 5) is 22.5. The van der Waals surface area contributed by atoms with Crippen molar-refractivity contribution in [3.05, 3.63) is 33.8 Å². The maximum absolute atomic E-state index is 12.0. The summed E-state index contributed by atoms with van der Waals surface area (Å²) in [5.74, 6) is 0.798. The number of carbonyl (C=O) groups excluding carboxylic acids is 1. The number of aromatic amines is 2. The minimum absolute atomic E-state index is 0.211. The third-order valence-electron chi connectivity index (χ3n) is 3.60. The summed E-state index contributed by atoms with van der Waals surface area (Å²) in [5, 5.41) is 2.77. The fourth-order valence-electron chi connectivity index (χ4n) is 2.49. The van der Waals surface area contributed by atoms with E-state index in [-0.39, 0.29) is 5.91 Å². The number of amides is 1. The van der Waals surface area contributed by atoms with E-state index in [4.69, 9.17) is 5.73 Å². The smallest absolute Gasteiger partial charge is 0.274 e. The Bertz CT molecular complexity index is 635. The highest BCUT2D eigenvalue weighted by molar-refractivity contribution is 9.10. The van der Waals surface area contributed by atoms with Crippen LogP contribution in [0, 0.1) is 5.92 Å².